The molecule has 4 nitrogen and oxygen atoms in total. The molecule has 1 N–H and O–H groups in total. The third-order valence-corrected chi connectivity index (χ3v) is 2.45. The summed E-state index contributed by atoms with van der Waals surface area (Å²) in [4.78, 5) is 24.1. The van der Waals surface area contributed by atoms with Gasteiger partial charge in [-0.05, 0) is 39.8 Å². The second-order valence-electron chi connectivity index (χ2n) is 5.15. The highest BCUT2D eigenvalue weighted by atomic mass is 16.2. The number of allylic oxidation sites excluding steroid dienone is 1. The van der Waals surface area contributed by atoms with Crippen molar-refractivity contribution in [2.24, 2.45) is 0 Å². The van der Waals surface area contributed by atoms with E-state index in [1.807, 2.05) is 26.8 Å². The van der Waals surface area contributed by atoms with Crippen LogP contribution in [0.1, 0.15) is 38.1 Å². The molecule has 0 unspecified atom stereocenters. The van der Waals surface area contributed by atoms with Gasteiger partial charge in [0.2, 0.25) is 0 Å². The molecule has 102 valence electrons. The van der Waals surface area contributed by atoms with E-state index in [0.29, 0.717) is 5.56 Å². The van der Waals surface area contributed by atoms with Crippen molar-refractivity contribution in [1.82, 2.24) is 10.4 Å². The van der Waals surface area contributed by atoms with Crippen LogP contribution in [0.5, 0.6) is 0 Å². The number of carbonyl (C=O) groups excluding carboxylic acids is 2. The lowest BCUT2D eigenvalue weighted by Gasteiger charge is -2.34. The van der Waals surface area contributed by atoms with Crippen LogP contribution >= 0.6 is 0 Å². The largest absolute Gasteiger partial charge is 0.269 e. The first-order valence-corrected chi connectivity index (χ1v) is 6.19. The summed E-state index contributed by atoms with van der Waals surface area (Å²) in [5, 5.41) is 1.34. The maximum atomic E-state index is 12.1. The first kappa shape index (κ1) is 15.0. The van der Waals surface area contributed by atoms with E-state index >= 15 is 0 Å². The Labute approximate surface area is 114 Å². The van der Waals surface area contributed by atoms with Crippen molar-refractivity contribution in [2.45, 2.75) is 33.2 Å². The maximum absolute atomic E-state index is 12.1. The van der Waals surface area contributed by atoms with E-state index in [-0.39, 0.29) is 11.8 Å². The van der Waals surface area contributed by atoms with Gasteiger partial charge in [-0.15, -0.1) is 0 Å². The molecule has 0 radical (unpaired) electrons. The number of hydrazine groups is 1. The van der Waals surface area contributed by atoms with Crippen LogP contribution in [0, 0.1) is 0 Å². The van der Waals surface area contributed by atoms with Crippen LogP contribution in [0.2, 0.25) is 0 Å². The monoisotopic (exact) mass is 260 g/mol. The van der Waals surface area contributed by atoms with E-state index in [1.54, 1.807) is 37.3 Å². The normalized spacial score (nSPS) is 11.4. The number of benzene rings is 1. The topological polar surface area (TPSA) is 49.4 Å². The van der Waals surface area contributed by atoms with Gasteiger partial charge in [-0.25, -0.2) is 5.01 Å². The van der Waals surface area contributed by atoms with Crippen molar-refractivity contribution in [3.8, 4) is 0 Å². The molecule has 0 spiro atoms. The van der Waals surface area contributed by atoms with E-state index < -0.39 is 5.54 Å². The zero-order chi connectivity index (χ0) is 14.5. The van der Waals surface area contributed by atoms with Crippen LogP contribution < -0.4 is 5.43 Å². The summed E-state index contributed by atoms with van der Waals surface area (Å²) < 4.78 is 0. The molecule has 0 saturated heterocycles. The summed E-state index contributed by atoms with van der Waals surface area (Å²) in [7, 11) is 0. The molecule has 0 saturated carbocycles. The van der Waals surface area contributed by atoms with Crippen LogP contribution in [0.25, 0.3) is 0 Å². The van der Waals surface area contributed by atoms with Gasteiger partial charge in [-0.3, -0.25) is 15.0 Å². The molecule has 1 aromatic carbocycles. The van der Waals surface area contributed by atoms with Crippen molar-refractivity contribution in [2.75, 3.05) is 0 Å². The molecule has 0 fully saturated rings. The summed E-state index contributed by atoms with van der Waals surface area (Å²) >= 11 is 0. The minimum atomic E-state index is -0.499. The summed E-state index contributed by atoms with van der Waals surface area (Å²) in [6.45, 7) is 7.34. The Morgan fingerprint density at radius 2 is 1.74 bits per heavy atom. The molecule has 1 rings (SSSR count). The second kappa shape index (κ2) is 6.18. The highest BCUT2D eigenvalue weighted by Gasteiger charge is 2.27. The van der Waals surface area contributed by atoms with Crippen molar-refractivity contribution in [3.05, 3.63) is 48.0 Å². The number of hydrogen-bond donors (Lipinski definition) is 1. The molecule has 19 heavy (non-hydrogen) atoms. The minimum absolute atomic E-state index is 0.251. The Kier molecular flexibility index (Phi) is 4.87. The SMILES string of the molecule is C/C=C\C(=O)N(NC(=O)c1ccccc1)C(C)(C)C. The van der Waals surface area contributed by atoms with Gasteiger partial charge in [-0.1, -0.05) is 24.3 Å². The summed E-state index contributed by atoms with van der Waals surface area (Å²) in [5.41, 5.74) is 2.67. The Bertz CT molecular complexity index is 473. The Hall–Kier alpha value is -2.10. The molecule has 2 amide bonds. The molecular weight excluding hydrogens is 240 g/mol. The fraction of sp³-hybridized carbons (Fsp3) is 0.333. The number of amides is 2. The van der Waals surface area contributed by atoms with Gasteiger partial charge in [0.25, 0.3) is 11.8 Å². The average molecular weight is 260 g/mol. The van der Waals surface area contributed by atoms with E-state index in [2.05, 4.69) is 5.43 Å². The Morgan fingerprint density at radius 1 is 1.16 bits per heavy atom. The highest BCUT2D eigenvalue weighted by molar-refractivity contribution is 5.97. The van der Waals surface area contributed by atoms with Gasteiger partial charge in [0, 0.05) is 11.6 Å². The van der Waals surface area contributed by atoms with Crippen molar-refractivity contribution >= 4 is 11.8 Å². The molecule has 1 aromatic rings. The van der Waals surface area contributed by atoms with Gasteiger partial charge in [0.05, 0.1) is 5.54 Å². The number of nitrogens with one attached hydrogen (secondary N) is 1. The van der Waals surface area contributed by atoms with Gasteiger partial charge in [-0.2, -0.15) is 0 Å². The number of nitrogens with zero attached hydrogens (tertiary/aromatic N) is 1. The highest BCUT2D eigenvalue weighted by Crippen LogP contribution is 2.12. The van der Waals surface area contributed by atoms with Crippen molar-refractivity contribution in [1.29, 1.82) is 0 Å². The molecule has 0 aliphatic carbocycles. The molecule has 0 bridgehead atoms. The molecule has 4 heteroatoms. The third-order valence-electron chi connectivity index (χ3n) is 2.45. The van der Waals surface area contributed by atoms with Crippen LogP contribution in [0.3, 0.4) is 0 Å². The van der Waals surface area contributed by atoms with Crippen LogP contribution in [-0.4, -0.2) is 22.4 Å². The predicted molar refractivity (Wildman–Crippen MR) is 75.3 cm³/mol. The number of hydrogen-bond acceptors (Lipinski definition) is 2. The first-order valence-electron chi connectivity index (χ1n) is 6.19. The smallest absolute Gasteiger partial charge is 0.268 e. The molecule has 0 heterocycles. The van der Waals surface area contributed by atoms with Crippen LogP contribution in [-0.2, 0) is 4.79 Å². The second-order valence-corrected chi connectivity index (χ2v) is 5.15. The third kappa shape index (κ3) is 4.25. The van der Waals surface area contributed by atoms with E-state index in [0.717, 1.165) is 0 Å². The Morgan fingerprint density at radius 3 is 2.21 bits per heavy atom. The molecule has 0 atom stereocenters. The average Bonchev–Trinajstić information content (AvgIpc) is 2.35. The van der Waals surface area contributed by atoms with Crippen molar-refractivity contribution < 1.29 is 9.59 Å². The molecule has 0 aliphatic heterocycles. The quantitative estimate of drug-likeness (QED) is 0.656. The van der Waals surface area contributed by atoms with E-state index in [9.17, 15) is 9.59 Å². The van der Waals surface area contributed by atoms with Gasteiger partial charge < -0.3 is 0 Å². The van der Waals surface area contributed by atoms with Gasteiger partial charge >= 0.3 is 0 Å². The lowest BCUT2D eigenvalue weighted by atomic mass is 10.1. The summed E-state index contributed by atoms with van der Waals surface area (Å²) in [5.74, 6) is -0.548. The number of rotatable bonds is 2. The van der Waals surface area contributed by atoms with Crippen LogP contribution in [0.15, 0.2) is 42.5 Å². The minimum Gasteiger partial charge on any atom is -0.268 e. The molecular formula is C15H20N2O2. The first-order chi connectivity index (χ1) is 8.86. The Balaban J connectivity index is 2.90. The number of carbonyl (C=O) groups is 2. The summed E-state index contributed by atoms with van der Waals surface area (Å²) in [6, 6.07) is 8.81. The zero-order valence-corrected chi connectivity index (χ0v) is 11.8. The molecule has 0 aliphatic rings. The van der Waals surface area contributed by atoms with Gasteiger partial charge in [0.1, 0.15) is 0 Å². The zero-order valence-electron chi connectivity index (χ0n) is 11.8. The van der Waals surface area contributed by atoms with Crippen molar-refractivity contribution in [3.63, 3.8) is 0 Å². The lowest BCUT2D eigenvalue weighted by molar-refractivity contribution is -0.133. The standard InChI is InChI=1S/C15H20N2O2/c1-5-9-13(18)17(15(2,3)4)16-14(19)12-10-7-6-8-11-12/h5-11H,1-4H3,(H,16,19)/b9-5-. The van der Waals surface area contributed by atoms with E-state index in [4.69, 9.17) is 0 Å². The maximum Gasteiger partial charge on any atom is 0.269 e. The van der Waals surface area contributed by atoms with E-state index in [1.165, 1.54) is 11.1 Å². The predicted octanol–water partition coefficient (Wildman–Crippen LogP) is 2.53. The lowest BCUT2D eigenvalue weighted by Crippen LogP contribution is -2.55. The van der Waals surface area contributed by atoms with Gasteiger partial charge in [0.15, 0.2) is 0 Å². The fourth-order valence-electron chi connectivity index (χ4n) is 1.53. The summed E-state index contributed by atoms with van der Waals surface area (Å²) in [6.07, 6.45) is 3.08. The van der Waals surface area contributed by atoms with Crippen LogP contribution in [0.4, 0.5) is 0 Å². The molecule has 0 aromatic heterocycles. The fourth-order valence-corrected chi connectivity index (χ4v) is 1.53.